The zero-order chi connectivity index (χ0) is 14.4. The molecule has 0 atom stereocenters. The van der Waals surface area contributed by atoms with Gasteiger partial charge in [-0.15, -0.1) is 0 Å². The van der Waals surface area contributed by atoms with Gasteiger partial charge in [0.1, 0.15) is 6.10 Å². The fraction of sp³-hybridized carbons (Fsp3) is 0.786. The maximum absolute atomic E-state index is 12.0. The quantitative estimate of drug-likeness (QED) is 0.736. The van der Waals surface area contributed by atoms with E-state index in [9.17, 15) is 9.59 Å². The molecule has 0 saturated carbocycles. The molecule has 1 aliphatic heterocycles. The van der Waals surface area contributed by atoms with Crippen LogP contribution in [0.2, 0.25) is 0 Å². The van der Waals surface area contributed by atoms with Gasteiger partial charge in [-0.1, -0.05) is 27.7 Å². The summed E-state index contributed by atoms with van der Waals surface area (Å²) in [6.45, 7) is 8.49. The number of hydrogen-bond acceptors (Lipinski definition) is 4. The van der Waals surface area contributed by atoms with Crippen LogP contribution in [0.5, 0.6) is 0 Å². The molecular formula is C14H23NO4. The molecule has 108 valence electrons. The summed E-state index contributed by atoms with van der Waals surface area (Å²) in [7, 11) is 0. The molecule has 1 saturated heterocycles. The summed E-state index contributed by atoms with van der Waals surface area (Å²) < 4.78 is 10.4. The normalized spacial score (nSPS) is 17.9. The highest BCUT2D eigenvalue weighted by atomic mass is 16.6. The molecule has 0 N–H and O–H groups in total. The number of hydrogen-bond donors (Lipinski definition) is 0. The first-order valence-electron chi connectivity index (χ1n) is 6.83. The van der Waals surface area contributed by atoms with Gasteiger partial charge in [0.25, 0.3) is 0 Å². The topological polar surface area (TPSA) is 65.0 Å². The van der Waals surface area contributed by atoms with Crippen molar-refractivity contribution in [1.29, 1.82) is 0 Å². The fourth-order valence-electron chi connectivity index (χ4n) is 1.83. The van der Waals surface area contributed by atoms with Crippen molar-refractivity contribution in [3.63, 3.8) is 0 Å². The molecule has 1 rings (SSSR count). The van der Waals surface area contributed by atoms with Gasteiger partial charge in [-0.2, -0.15) is 4.99 Å². The highest BCUT2D eigenvalue weighted by molar-refractivity contribution is 6.42. The van der Waals surface area contributed by atoms with Crippen LogP contribution < -0.4 is 0 Å². The number of Topliss-reactive ketones (excluding diaryl/α,β-unsaturated/α-hetero) is 1. The first kappa shape index (κ1) is 15.8. The fourth-order valence-corrected chi connectivity index (χ4v) is 1.83. The predicted molar refractivity (Wildman–Crippen MR) is 72.4 cm³/mol. The van der Waals surface area contributed by atoms with E-state index in [1.807, 2.05) is 13.8 Å². The van der Waals surface area contributed by atoms with E-state index >= 15 is 0 Å². The van der Waals surface area contributed by atoms with Crippen molar-refractivity contribution >= 4 is 17.6 Å². The molecule has 5 nitrogen and oxygen atoms in total. The lowest BCUT2D eigenvalue weighted by Crippen LogP contribution is -2.28. The van der Waals surface area contributed by atoms with Crippen LogP contribution in [0.25, 0.3) is 0 Å². The second-order valence-electron chi connectivity index (χ2n) is 5.37. The second-order valence-corrected chi connectivity index (χ2v) is 5.37. The molecule has 0 unspecified atom stereocenters. The Kier molecular flexibility index (Phi) is 6.15. The largest absolute Gasteiger partial charge is 0.444 e. The van der Waals surface area contributed by atoms with Gasteiger partial charge < -0.3 is 9.47 Å². The van der Waals surface area contributed by atoms with Gasteiger partial charge >= 0.3 is 6.09 Å². The molecule has 1 heterocycles. The van der Waals surface area contributed by atoms with Crippen LogP contribution in [0.3, 0.4) is 0 Å². The van der Waals surface area contributed by atoms with Crippen LogP contribution >= 0.6 is 0 Å². The number of aliphatic imine (C=N–C) groups is 1. The minimum atomic E-state index is -0.662. The third kappa shape index (κ3) is 5.11. The summed E-state index contributed by atoms with van der Waals surface area (Å²) >= 11 is 0. The van der Waals surface area contributed by atoms with Crippen LogP contribution in [0, 0.1) is 11.8 Å². The molecule has 0 radical (unpaired) electrons. The lowest BCUT2D eigenvalue weighted by atomic mass is 9.96. The molecule has 1 fully saturated rings. The van der Waals surface area contributed by atoms with Crippen molar-refractivity contribution in [3.05, 3.63) is 0 Å². The molecule has 0 aliphatic carbocycles. The Morgan fingerprint density at radius 1 is 1.11 bits per heavy atom. The zero-order valence-corrected chi connectivity index (χ0v) is 12.1. The Morgan fingerprint density at radius 2 is 1.68 bits per heavy atom. The second kappa shape index (κ2) is 7.38. The van der Waals surface area contributed by atoms with E-state index in [0.29, 0.717) is 31.8 Å². The van der Waals surface area contributed by atoms with Gasteiger partial charge in [-0.05, 0) is 5.92 Å². The van der Waals surface area contributed by atoms with Crippen molar-refractivity contribution < 1.29 is 19.1 Å². The molecule has 0 aromatic rings. The summed E-state index contributed by atoms with van der Waals surface area (Å²) in [5, 5.41) is 0. The van der Waals surface area contributed by atoms with Gasteiger partial charge in [0.2, 0.25) is 0 Å². The molecule has 1 aliphatic rings. The van der Waals surface area contributed by atoms with Gasteiger partial charge in [-0.25, -0.2) is 4.79 Å². The molecule has 0 aromatic heterocycles. The molecule has 0 spiro atoms. The monoisotopic (exact) mass is 269 g/mol. The first-order valence-corrected chi connectivity index (χ1v) is 6.83. The van der Waals surface area contributed by atoms with Gasteiger partial charge in [0.05, 0.1) is 18.9 Å². The van der Waals surface area contributed by atoms with E-state index in [1.165, 1.54) is 0 Å². The van der Waals surface area contributed by atoms with Crippen LogP contribution in [-0.2, 0) is 14.3 Å². The smallest absolute Gasteiger partial charge is 0.434 e. The Bertz CT molecular complexity index is 354. The minimum absolute atomic E-state index is 0.0860. The number of rotatable bonds is 4. The summed E-state index contributed by atoms with van der Waals surface area (Å²) in [4.78, 5) is 27.6. The predicted octanol–water partition coefficient (Wildman–Crippen LogP) is 2.62. The summed E-state index contributed by atoms with van der Waals surface area (Å²) in [5.41, 5.74) is 0.298. The SMILES string of the molecule is CC(C)C(=O)C(=NC(=O)OC1CCOCC1)C(C)C. The lowest BCUT2D eigenvalue weighted by Gasteiger charge is -2.21. The Morgan fingerprint density at radius 3 is 2.16 bits per heavy atom. The average molecular weight is 269 g/mol. The molecular weight excluding hydrogens is 246 g/mol. The summed E-state index contributed by atoms with van der Waals surface area (Å²) in [6.07, 6.45) is 0.574. The van der Waals surface area contributed by atoms with E-state index in [-0.39, 0.29) is 23.7 Å². The van der Waals surface area contributed by atoms with E-state index < -0.39 is 6.09 Å². The van der Waals surface area contributed by atoms with E-state index in [4.69, 9.17) is 9.47 Å². The average Bonchev–Trinajstić information content (AvgIpc) is 2.36. The van der Waals surface area contributed by atoms with Crippen molar-refractivity contribution in [3.8, 4) is 0 Å². The first-order chi connectivity index (χ1) is 8.91. The lowest BCUT2D eigenvalue weighted by molar-refractivity contribution is -0.115. The van der Waals surface area contributed by atoms with Crippen LogP contribution in [-0.4, -0.2) is 36.9 Å². The number of ether oxygens (including phenoxy) is 2. The summed E-state index contributed by atoms with van der Waals surface area (Å²) in [6, 6.07) is 0. The van der Waals surface area contributed by atoms with Crippen molar-refractivity contribution in [2.75, 3.05) is 13.2 Å². The molecule has 19 heavy (non-hydrogen) atoms. The number of nitrogens with zero attached hydrogens (tertiary/aromatic N) is 1. The minimum Gasteiger partial charge on any atom is -0.444 e. The van der Waals surface area contributed by atoms with Gasteiger partial charge in [-0.3, -0.25) is 4.79 Å². The third-order valence-corrected chi connectivity index (χ3v) is 2.97. The van der Waals surface area contributed by atoms with E-state index in [0.717, 1.165) is 0 Å². The summed E-state index contributed by atoms with van der Waals surface area (Å²) in [5.74, 6) is -0.354. The number of ketones is 1. The van der Waals surface area contributed by atoms with Crippen LogP contribution in [0.1, 0.15) is 40.5 Å². The maximum Gasteiger partial charge on any atom is 0.434 e. The van der Waals surface area contributed by atoms with E-state index in [2.05, 4.69) is 4.99 Å². The molecule has 0 bridgehead atoms. The van der Waals surface area contributed by atoms with E-state index in [1.54, 1.807) is 13.8 Å². The molecule has 1 amide bonds. The highest BCUT2D eigenvalue weighted by Gasteiger charge is 2.22. The van der Waals surface area contributed by atoms with Gasteiger partial charge in [0.15, 0.2) is 5.78 Å². The number of carbonyl (C=O) groups is 2. The molecule has 0 aromatic carbocycles. The highest BCUT2D eigenvalue weighted by Crippen LogP contribution is 2.13. The third-order valence-electron chi connectivity index (χ3n) is 2.97. The van der Waals surface area contributed by atoms with Crippen molar-refractivity contribution in [2.24, 2.45) is 16.8 Å². The zero-order valence-electron chi connectivity index (χ0n) is 12.1. The number of carbonyl (C=O) groups excluding carboxylic acids is 2. The Labute approximate surface area is 114 Å². The maximum atomic E-state index is 12.0. The van der Waals surface area contributed by atoms with Gasteiger partial charge in [0, 0.05) is 18.8 Å². The van der Waals surface area contributed by atoms with Crippen molar-refractivity contribution in [1.82, 2.24) is 0 Å². The standard InChI is InChI=1S/C14H23NO4/c1-9(2)12(13(16)10(3)4)15-14(17)19-11-5-7-18-8-6-11/h9-11H,5-8H2,1-4H3. The van der Waals surface area contributed by atoms with Crippen molar-refractivity contribution in [2.45, 2.75) is 46.6 Å². The Balaban J connectivity index is 2.67. The molecule has 5 heteroatoms. The van der Waals surface area contributed by atoms with Crippen LogP contribution in [0.15, 0.2) is 4.99 Å². The van der Waals surface area contributed by atoms with Crippen LogP contribution in [0.4, 0.5) is 4.79 Å². The Hall–Kier alpha value is -1.23. The number of amides is 1.